The normalized spacial score (nSPS) is 23.1. The molecule has 3 nitrogen and oxygen atoms in total. The Bertz CT molecular complexity index is 274. The van der Waals surface area contributed by atoms with Crippen molar-refractivity contribution in [2.45, 2.75) is 52.4 Å². The smallest absolute Gasteiger partial charge is 0.222 e. The number of hydrogen-bond acceptors (Lipinski definition) is 2. The molecule has 1 spiro atoms. The molecule has 0 unspecified atom stereocenters. The van der Waals surface area contributed by atoms with Gasteiger partial charge in [0.25, 0.3) is 0 Å². The summed E-state index contributed by atoms with van der Waals surface area (Å²) in [5.74, 6) is 0.386. The molecule has 18 heavy (non-hydrogen) atoms. The second-order valence-corrected chi connectivity index (χ2v) is 6.19. The Hall–Kier alpha value is -0.570. The lowest BCUT2D eigenvalue weighted by molar-refractivity contribution is -0.136. The van der Waals surface area contributed by atoms with E-state index in [9.17, 15) is 4.79 Å². The average molecular weight is 252 g/mol. The summed E-state index contributed by atoms with van der Waals surface area (Å²) in [6.45, 7) is 10.2. The Balaban J connectivity index is 1.70. The lowest BCUT2D eigenvalue weighted by atomic mass is 9.72. The van der Waals surface area contributed by atoms with Crippen LogP contribution in [0.4, 0.5) is 0 Å². The molecule has 2 aliphatic rings. The van der Waals surface area contributed by atoms with Crippen molar-refractivity contribution in [1.29, 1.82) is 0 Å². The third-order valence-electron chi connectivity index (χ3n) is 4.58. The van der Waals surface area contributed by atoms with Crippen LogP contribution in [0.2, 0.25) is 0 Å². The monoisotopic (exact) mass is 252 g/mol. The highest BCUT2D eigenvalue weighted by atomic mass is 16.2. The van der Waals surface area contributed by atoms with Gasteiger partial charge in [-0.05, 0) is 37.6 Å². The van der Waals surface area contributed by atoms with E-state index < -0.39 is 0 Å². The first-order valence-corrected chi connectivity index (χ1v) is 7.69. The number of carbonyl (C=O) groups is 1. The van der Waals surface area contributed by atoms with Crippen LogP contribution in [0.1, 0.15) is 52.4 Å². The van der Waals surface area contributed by atoms with Crippen LogP contribution in [-0.2, 0) is 4.79 Å². The van der Waals surface area contributed by atoms with Crippen molar-refractivity contribution in [3.8, 4) is 0 Å². The highest BCUT2D eigenvalue weighted by Crippen LogP contribution is 2.40. The van der Waals surface area contributed by atoms with Crippen LogP contribution in [0.5, 0.6) is 0 Å². The highest BCUT2D eigenvalue weighted by molar-refractivity contribution is 5.76. The first-order chi connectivity index (χ1) is 8.69. The minimum absolute atomic E-state index is 0.386. The summed E-state index contributed by atoms with van der Waals surface area (Å²) in [5.41, 5.74) is 0.566. The maximum atomic E-state index is 12.0. The lowest BCUT2D eigenvalue weighted by Gasteiger charge is -2.54. The van der Waals surface area contributed by atoms with Crippen molar-refractivity contribution in [2.75, 3.05) is 32.7 Å². The van der Waals surface area contributed by atoms with Gasteiger partial charge in [0.15, 0.2) is 0 Å². The average Bonchev–Trinajstić information content (AvgIpc) is 2.35. The van der Waals surface area contributed by atoms with Crippen molar-refractivity contribution in [1.82, 2.24) is 9.80 Å². The topological polar surface area (TPSA) is 23.6 Å². The van der Waals surface area contributed by atoms with Gasteiger partial charge in [0.1, 0.15) is 0 Å². The molecular formula is C15H28N2O. The Morgan fingerprint density at radius 2 is 1.78 bits per heavy atom. The molecule has 0 bridgehead atoms. The van der Waals surface area contributed by atoms with Crippen molar-refractivity contribution >= 4 is 5.91 Å². The Kier molecular flexibility index (Phi) is 4.66. The number of piperidine rings is 1. The molecule has 0 aromatic carbocycles. The molecule has 2 fully saturated rings. The van der Waals surface area contributed by atoms with E-state index in [0.717, 1.165) is 32.4 Å². The Morgan fingerprint density at radius 1 is 1.11 bits per heavy atom. The molecular weight excluding hydrogens is 224 g/mol. The Labute approximate surface area is 112 Å². The summed E-state index contributed by atoms with van der Waals surface area (Å²) in [6.07, 6.45) is 6.64. The van der Waals surface area contributed by atoms with Gasteiger partial charge in [-0.2, -0.15) is 0 Å². The third kappa shape index (κ3) is 3.05. The summed E-state index contributed by atoms with van der Waals surface area (Å²) in [4.78, 5) is 16.6. The molecule has 0 aromatic rings. The van der Waals surface area contributed by atoms with Crippen LogP contribution in [0.15, 0.2) is 0 Å². The van der Waals surface area contributed by atoms with Crippen LogP contribution < -0.4 is 0 Å². The highest BCUT2D eigenvalue weighted by Gasteiger charge is 2.44. The first kappa shape index (κ1) is 13.9. The number of hydrogen-bond donors (Lipinski definition) is 0. The fourth-order valence-electron chi connectivity index (χ4n) is 3.41. The number of carbonyl (C=O) groups excluding carboxylic acids is 1. The number of likely N-dealkylation sites (tertiary alicyclic amines) is 2. The van der Waals surface area contributed by atoms with Crippen molar-refractivity contribution in [3.05, 3.63) is 0 Å². The van der Waals surface area contributed by atoms with E-state index in [-0.39, 0.29) is 0 Å². The molecule has 0 saturated carbocycles. The van der Waals surface area contributed by atoms with Gasteiger partial charge in [-0.3, -0.25) is 4.79 Å². The SMILES string of the molecule is CCCCC(=O)N1CCC2(CC1)CN(CCC)C2. The predicted octanol–water partition coefficient (Wildman–Crippen LogP) is 2.51. The predicted molar refractivity (Wildman–Crippen MR) is 74.5 cm³/mol. The van der Waals surface area contributed by atoms with Gasteiger partial charge < -0.3 is 9.80 Å². The minimum Gasteiger partial charge on any atom is -0.343 e. The van der Waals surface area contributed by atoms with Crippen LogP contribution in [0.3, 0.4) is 0 Å². The number of nitrogens with zero attached hydrogens (tertiary/aromatic N) is 2. The van der Waals surface area contributed by atoms with E-state index in [4.69, 9.17) is 0 Å². The van der Waals surface area contributed by atoms with Gasteiger partial charge in [0, 0.05) is 32.6 Å². The first-order valence-electron chi connectivity index (χ1n) is 7.69. The summed E-state index contributed by atoms with van der Waals surface area (Å²) >= 11 is 0. The van der Waals surface area contributed by atoms with Crippen LogP contribution >= 0.6 is 0 Å². The fourth-order valence-corrected chi connectivity index (χ4v) is 3.41. The lowest BCUT2D eigenvalue weighted by Crippen LogP contribution is -2.60. The number of amides is 1. The summed E-state index contributed by atoms with van der Waals surface area (Å²) in [5, 5.41) is 0. The van der Waals surface area contributed by atoms with Gasteiger partial charge in [-0.15, -0.1) is 0 Å². The molecule has 2 rings (SSSR count). The summed E-state index contributed by atoms with van der Waals surface area (Å²) in [6, 6.07) is 0. The molecule has 0 aromatic heterocycles. The molecule has 2 aliphatic heterocycles. The largest absolute Gasteiger partial charge is 0.343 e. The molecule has 1 amide bonds. The summed E-state index contributed by atoms with van der Waals surface area (Å²) in [7, 11) is 0. The molecule has 2 saturated heterocycles. The van der Waals surface area contributed by atoms with Crippen molar-refractivity contribution < 1.29 is 4.79 Å². The van der Waals surface area contributed by atoms with Crippen LogP contribution in [0.25, 0.3) is 0 Å². The molecule has 0 radical (unpaired) electrons. The van der Waals surface area contributed by atoms with Crippen molar-refractivity contribution in [3.63, 3.8) is 0 Å². The molecule has 0 N–H and O–H groups in total. The van der Waals surface area contributed by atoms with Crippen LogP contribution in [-0.4, -0.2) is 48.4 Å². The molecule has 0 atom stereocenters. The van der Waals surface area contributed by atoms with E-state index in [1.165, 1.54) is 38.9 Å². The van der Waals surface area contributed by atoms with Gasteiger partial charge in [-0.1, -0.05) is 20.3 Å². The maximum absolute atomic E-state index is 12.0. The van der Waals surface area contributed by atoms with Gasteiger partial charge in [-0.25, -0.2) is 0 Å². The number of rotatable bonds is 5. The summed E-state index contributed by atoms with van der Waals surface area (Å²) < 4.78 is 0. The van der Waals surface area contributed by atoms with Crippen LogP contribution in [0, 0.1) is 5.41 Å². The standard InChI is InChI=1S/C15H28N2O/c1-3-5-6-14(18)17-10-7-15(8-11-17)12-16(13-15)9-4-2/h3-13H2,1-2H3. The molecule has 2 heterocycles. The molecule has 3 heteroatoms. The van der Waals surface area contributed by atoms with E-state index in [1.54, 1.807) is 0 Å². The minimum atomic E-state index is 0.386. The maximum Gasteiger partial charge on any atom is 0.222 e. The fraction of sp³-hybridized carbons (Fsp3) is 0.933. The zero-order valence-electron chi connectivity index (χ0n) is 12.1. The van der Waals surface area contributed by atoms with Gasteiger partial charge >= 0.3 is 0 Å². The zero-order chi connectivity index (χ0) is 13.0. The second-order valence-electron chi connectivity index (χ2n) is 6.19. The van der Waals surface area contributed by atoms with Crippen molar-refractivity contribution in [2.24, 2.45) is 5.41 Å². The zero-order valence-corrected chi connectivity index (χ0v) is 12.1. The van der Waals surface area contributed by atoms with E-state index in [1.807, 2.05) is 0 Å². The third-order valence-corrected chi connectivity index (χ3v) is 4.58. The molecule has 0 aliphatic carbocycles. The molecule has 104 valence electrons. The van der Waals surface area contributed by atoms with Gasteiger partial charge in [0.2, 0.25) is 5.91 Å². The second kappa shape index (κ2) is 6.05. The van der Waals surface area contributed by atoms with E-state index in [0.29, 0.717) is 11.3 Å². The number of unbranched alkanes of at least 4 members (excludes halogenated alkanes) is 1. The van der Waals surface area contributed by atoms with Gasteiger partial charge in [0.05, 0.1) is 0 Å². The van der Waals surface area contributed by atoms with E-state index in [2.05, 4.69) is 23.6 Å². The Morgan fingerprint density at radius 3 is 2.33 bits per heavy atom. The van der Waals surface area contributed by atoms with E-state index >= 15 is 0 Å². The quantitative estimate of drug-likeness (QED) is 0.750.